The minimum absolute atomic E-state index is 0.0226. The van der Waals surface area contributed by atoms with E-state index in [1.807, 2.05) is 6.07 Å². The number of fused-ring (bicyclic) bond motifs is 3. The summed E-state index contributed by atoms with van der Waals surface area (Å²) in [6, 6.07) is 9.83. The van der Waals surface area contributed by atoms with Crippen molar-refractivity contribution in [1.82, 2.24) is 9.55 Å². The van der Waals surface area contributed by atoms with Gasteiger partial charge in [0.05, 0.1) is 33.3 Å². The van der Waals surface area contributed by atoms with Crippen LogP contribution >= 0.6 is 0 Å². The Kier molecular flexibility index (Phi) is 3.62. The third-order valence-corrected chi connectivity index (χ3v) is 3.84. The molecular formula is C16H12N4O4. The van der Waals surface area contributed by atoms with Gasteiger partial charge < -0.3 is 9.55 Å². The van der Waals surface area contributed by atoms with Crippen molar-refractivity contribution in [3.63, 3.8) is 0 Å². The normalized spacial score (nSPS) is 12.2. The van der Waals surface area contributed by atoms with E-state index < -0.39 is 22.0 Å². The highest BCUT2D eigenvalue weighted by Crippen LogP contribution is 2.31. The molecule has 0 aliphatic heterocycles. The molecule has 3 rings (SSSR count). The molecule has 0 aliphatic rings. The maximum Gasteiger partial charge on any atom is 0.316 e. The van der Waals surface area contributed by atoms with Gasteiger partial charge in [-0.2, -0.15) is 5.26 Å². The molecule has 24 heavy (non-hydrogen) atoms. The highest BCUT2D eigenvalue weighted by atomic mass is 16.6. The third kappa shape index (κ3) is 2.32. The number of aromatic amines is 1. The lowest BCUT2D eigenvalue weighted by atomic mass is 10.1. The van der Waals surface area contributed by atoms with Gasteiger partial charge in [0.15, 0.2) is 0 Å². The maximum absolute atomic E-state index is 12.2. The molecule has 1 atom stereocenters. The first-order valence-corrected chi connectivity index (χ1v) is 7.16. The first-order valence-electron chi connectivity index (χ1n) is 7.16. The smallest absolute Gasteiger partial charge is 0.315 e. The van der Waals surface area contributed by atoms with Gasteiger partial charge in [-0.25, -0.2) is 0 Å². The van der Waals surface area contributed by atoms with Crippen LogP contribution in [0.1, 0.15) is 6.92 Å². The Hall–Kier alpha value is -3.47. The van der Waals surface area contributed by atoms with Crippen LogP contribution in [0.3, 0.4) is 0 Å². The number of non-ortho nitro benzene ring substituents is 1. The molecule has 0 aliphatic carbocycles. The molecule has 3 aromatic rings. The van der Waals surface area contributed by atoms with Crippen molar-refractivity contribution in [1.29, 1.82) is 5.26 Å². The number of nitrogens with zero attached hydrogens (tertiary/aromatic N) is 3. The van der Waals surface area contributed by atoms with E-state index in [1.165, 1.54) is 6.07 Å². The summed E-state index contributed by atoms with van der Waals surface area (Å²) in [4.78, 5) is 37.5. The zero-order chi connectivity index (χ0) is 17.4. The van der Waals surface area contributed by atoms with Gasteiger partial charge in [0.25, 0.3) is 5.69 Å². The molecule has 1 aromatic heterocycles. The summed E-state index contributed by atoms with van der Waals surface area (Å²) < 4.78 is 1.13. The van der Waals surface area contributed by atoms with Crippen LogP contribution in [0.4, 0.5) is 5.69 Å². The number of benzene rings is 2. The summed E-state index contributed by atoms with van der Waals surface area (Å²) >= 11 is 0. The zero-order valence-corrected chi connectivity index (χ0v) is 12.6. The fraction of sp³-hybridized carbons (Fsp3) is 0.188. The summed E-state index contributed by atoms with van der Waals surface area (Å²) in [5.74, 6) is -0.529. The number of hydrogen-bond donors (Lipinski definition) is 1. The number of nitro benzene ring substituents is 1. The summed E-state index contributed by atoms with van der Waals surface area (Å²) in [5.41, 5.74) is -1.26. The quantitative estimate of drug-likeness (QED) is 0.341. The minimum Gasteiger partial charge on any atom is -0.315 e. The van der Waals surface area contributed by atoms with Crippen molar-refractivity contribution in [3.05, 3.63) is 61.2 Å². The van der Waals surface area contributed by atoms with E-state index in [4.69, 9.17) is 5.26 Å². The fourth-order valence-electron chi connectivity index (χ4n) is 2.73. The zero-order valence-electron chi connectivity index (χ0n) is 12.6. The molecule has 0 radical (unpaired) electrons. The van der Waals surface area contributed by atoms with Crippen molar-refractivity contribution in [2.24, 2.45) is 5.92 Å². The molecule has 8 nitrogen and oxygen atoms in total. The lowest BCUT2D eigenvalue weighted by Crippen LogP contribution is -2.37. The number of nitro groups is 1. The first-order chi connectivity index (χ1) is 11.4. The van der Waals surface area contributed by atoms with Gasteiger partial charge in [0, 0.05) is 18.0 Å². The van der Waals surface area contributed by atoms with Crippen LogP contribution in [-0.4, -0.2) is 14.5 Å². The van der Waals surface area contributed by atoms with Gasteiger partial charge in [-0.1, -0.05) is 18.2 Å². The number of nitriles is 1. The van der Waals surface area contributed by atoms with Crippen molar-refractivity contribution >= 4 is 27.5 Å². The average Bonchev–Trinajstić information content (AvgIpc) is 2.58. The molecular weight excluding hydrogens is 312 g/mol. The largest absolute Gasteiger partial charge is 0.316 e. The number of aromatic nitrogens is 2. The van der Waals surface area contributed by atoms with Crippen LogP contribution in [-0.2, 0) is 6.54 Å². The Morgan fingerprint density at radius 3 is 2.62 bits per heavy atom. The highest BCUT2D eigenvalue weighted by Gasteiger charge is 2.19. The van der Waals surface area contributed by atoms with E-state index in [2.05, 4.69) is 4.98 Å². The van der Waals surface area contributed by atoms with Gasteiger partial charge in [-0.05, 0) is 13.0 Å². The Morgan fingerprint density at radius 1 is 1.33 bits per heavy atom. The second kappa shape index (κ2) is 5.62. The summed E-state index contributed by atoms with van der Waals surface area (Å²) in [6.07, 6.45) is 0. The summed E-state index contributed by atoms with van der Waals surface area (Å²) in [7, 11) is 0. The van der Waals surface area contributed by atoms with Gasteiger partial charge in [-0.3, -0.25) is 19.7 Å². The molecule has 8 heteroatoms. The molecule has 0 saturated heterocycles. The molecule has 1 heterocycles. The second-order valence-corrected chi connectivity index (χ2v) is 5.49. The predicted molar refractivity (Wildman–Crippen MR) is 87.8 cm³/mol. The van der Waals surface area contributed by atoms with E-state index in [9.17, 15) is 19.7 Å². The number of H-pyrrole nitrogens is 1. The lowest BCUT2D eigenvalue weighted by molar-refractivity contribution is -0.383. The molecule has 0 spiro atoms. The van der Waals surface area contributed by atoms with E-state index in [1.54, 1.807) is 31.2 Å². The lowest BCUT2D eigenvalue weighted by Gasteiger charge is -2.12. The van der Waals surface area contributed by atoms with E-state index in [0.717, 1.165) is 4.57 Å². The van der Waals surface area contributed by atoms with Crippen LogP contribution < -0.4 is 11.1 Å². The Bertz CT molecular complexity index is 1140. The van der Waals surface area contributed by atoms with Crippen molar-refractivity contribution in [2.45, 2.75) is 13.5 Å². The predicted octanol–water partition coefficient (Wildman–Crippen LogP) is 1.91. The van der Waals surface area contributed by atoms with Gasteiger partial charge in [0.1, 0.15) is 0 Å². The highest BCUT2D eigenvalue weighted by molar-refractivity contribution is 6.08. The minimum atomic E-state index is -0.839. The number of rotatable bonds is 3. The van der Waals surface area contributed by atoms with Crippen LogP contribution in [0.2, 0.25) is 0 Å². The summed E-state index contributed by atoms with van der Waals surface area (Å²) in [5, 5.41) is 21.2. The third-order valence-electron chi connectivity index (χ3n) is 3.84. The first kappa shape index (κ1) is 15.4. The fourth-order valence-corrected chi connectivity index (χ4v) is 2.73. The van der Waals surface area contributed by atoms with Crippen molar-refractivity contribution < 1.29 is 4.92 Å². The van der Waals surface area contributed by atoms with Crippen molar-refractivity contribution in [3.8, 4) is 6.07 Å². The van der Waals surface area contributed by atoms with Gasteiger partial charge in [-0.15, -0.1) is 0 Å². The molecule has 1 unspecified atom stereocenters. The second-order valence-electron chi connectivity index (χ2n) is 5.49. The molecule has 1 N–H and O–H groups in total. The SMILES string of the molecule is CC(C#N)Cn1c(=O)c(=O)[nH]c2c3ccccc3c([N+](=O)[O-])cc21. The van der Waals surface area contributed by atoms with E-state index in [0.29, 0.717) is 16.3 Å². The van der Waals surface area contributed by atoms with Crippen molar-refractivity contribution in [2.75, 3.05) is 0 Å². The molecule has 120 valence electrons. The van der Waals surface area contributed by atoms with Gasteiger partial charge >= 0.3 is 11.1 Å². The topological polar surface area (TPSA) is 122 Å². The molecule has 0 saturated carbocycles. The maximum atomic E-state index is 12.2. The monoisotopic (exact) mass is 324 g/mol. The van der Waals surface area contributed by atoms with Crippen LogP contribution in [0, 0.1) is 27.4 Å². The standard InChI is InChI=1S/C16H12N4O4/c1-9(7-17)8-19-13-6-12(20(23)24)10-4-2-3-5-11(10)14(13)18-15(21)16(19)22/h2-6,9H,8H2,1H3,(H,18,21). The Labute approximate surface area is 134 Å². The van der Waals surface area contributed by atoms with E-state index in [-0.39, 0.29) is 17.7 Å². The number of hydrogen-bond acceptors (Lipinski definition) is 5. The summed E-state index contributed by atoms with van der Waals surface area (Å²) in [6.45, 7) is 1.58. The molecule has 0 fully saturated rings. The molecule has 2 aromatic carbocycles. The van der Waals surface area contributed by atoms with E-state index >= 15 is 0 Å². The Balaban J connectivity index is 2.54. The van der Waals surface area contributed by atoms with Gasteiger partial charge in [0.2, 0.25) is 0 Å². The average molecular weight is 324 g/mol. The van der Waals surface area contributed by atoms with Crippen LogP contribution in [0.5, 0.6) is 0 Å². The molecule has 0 amide bonds. The Morgan fingerprint density at radius 2 is 2.00 bits per heavy atom. The number of nitrogens with one attached hydrogen (secondary N) is 1. The van der Waals surface area contributed by atoms with Crippen LogP contribution in [0.25, 0.3) is 21.8 Å². The van der Waals surface area contributed by atoms with Crippen LogP contribution in [0.15, 0.2) is 39.9 Å². The molecule has 0 bridgehead atoms.